The van der Waals surface area contributed by atoms with E-state index >= 15 is 0 Å². The third kappa shape index (κ3) is 6.57. The smallest absolute Gasteiger partial charge is 0.475 e. The molecule has 14 nitrogen and oxygen atoms in total. The summed E-state index contributed by atoms with van der Waals surface area (Å²) in [6.07, 6.45) is -6.23. The van der Waals surface area contributed by atoms with E-state index in [1.165, 1.54) is 34.7 Å². The van der Waals surface area contributed by atoms with Crippen LogP contribution in [0.5, 0.6) is 0 Å². The second-order valence-electron chi connectivity index (χ2n) is 9.72. The van der Waals surface area contributed by atoms with Crippen LogP contribution in [-0.4, -0.2) is 85.8 Å². The number of nitriles is 1. The lowest BCUT2D eigenvalue weighted by atomic mass is 10.0. The number of nitrogens with one attached hydrogen (secondary N) is 1. The third-order valence-corrected chi connectivity index (χ3v) is 9.12. The van der Waals surface area contributed by atoms with Gasteiger partial charge < -0.3 is 21.1 Å². The maximum atomic E-state index is 14.7. The number of anilines is 2. The number of nitrogens with zero attached hydrogens (tertiary/aromatic N) is 7. The lowest BCUT2D eigenvalue weighted by molar-refractivity contribution is -0.192. The van der Waals surface area contributed by atoms with Crippen molar-refractivity contribution in [2.24, 2.45) is 0 Å². The summed E-state index contributed by atoms with van der Waals surface area (Å²) < 4.78 is 103. The Balaban J connectivity index is 0.000000617. The number of rotatable bonds is 4. The van der Waals surface area contributed by atoms with Gasteiger partial charge in [-0.1, -0.05) is 11.6 Å². The fraction of sp³-hybridized carbons (Fsp3) is 0.333. The molecule has 1 amide bonds. The summed E-state index contributed by atoms with van der Waals surface area (Å²) >= 11 is 6.36. The average molecular weight is 696 g/mol. The van der Waals surface area contributed by atoms with Gasteiger partial charge in [0, 0.05) is 31.0 Å². The number of fused-ring (bicyclic) bond motifs is 2. The van der Waals surface area contributed by atoms with Gasteiger partial charge in [0.2, 0.25) is 0 Å². The molecule has 1 aliphatic rings. The SMILES string of the molecule is CC1CN(c2c(C(NC(=O)c3c(N)nn4cccnc34)C(F)(F)F)cc(Cl)c3c(C#N)ncn23)CCS1(=O)=O.O=C(O)C(F)(F)F. The molecule has 4 aromatic heterocycles. The van der Waals surface area contributed by atoms with Crippen LogP contribution in [0.25, 0.3) is 11.2 Å². The zero-order valence-electron chi connectivity index (χ0n) is 23.0. The number of alkyl halides is 6. The molecule has 0 radical (unpaired) electrons. The molecule has 0 spiro atoms. The van der Waals surface area contributed by atoms with Gasteiger partial charge in [0.05, 0.1) is 16.0 Å². The highest BCUT2D eigenvalue weighted by Gasteiger charge is 2.46. The quantitative estimate of drug-likeness (QED) is 0.265. The predicted molar refractivity (Wildman–Crippen MR) is 148 cm³/mol. The number of nitrogen functional groups attached to an aromatic ring is 1. The van der Waals surface area contributed by atoms with Crippen LogP contribution in [0.15, 0.2) is 30.9 Å². The van der Waals surface area contributed by atoms with E-state index in [9.17, 15) is 44.8 Å². The highest BCUT2D eigenvalue weighted by molar-refractivity contribution is 7.92. The Labute approximate surface area is 258 Å². The average Bonchev–Trinajstić information content (AvgIpc) is 3.53. The molecule has 2 unspecified atom stereocenters. The molecule has 1 fully saturated rings. The van der Waals surface area contributed by atoms with E-state index < -0.39 is 50.9 Å². The molecule has 4 aromatic rings. The Morgan fingerprint density at radius 1 is 1.24 bits per heavy atom. The Bertz CT molecular complexity index is 1990. The minimum atomic E-state index is -5.08. The van der Waals surface area contributed by atoms with Crippen LogP contribution < -0.4 is 16.0 Å². The van der Waals surface area contributed by atoms with Crippen LogP contribution in [0, 0.1) is 11.3 Å². The monoisotopic (exact) mass is 695 g/mol. The highest BCUT2D eigenvalue weighted by atomic mass is 35.5. The Hall–Kier alpha value is -4.84. The van der Waals surface area contributed by atoms with Crippen molar-refractivity contribution in [3.63, 3.8) is 0 Å². The number of aromatic nitrogens is 5. The van der Waals surface area contributed by atoms with Crippen LogP contribution in [0.4, 0.5) is 38.0 Å². The molecule has 246 valence electrons. The Kier molecular flexibility index (Phi) is 9.00. The molecule has 46 heavy (non-hydrogen) atoms. The number of carbonyl (C=O) groups is 2. The molecule has 4 N–H and O–H groups in total. The number of halogens is 7. The number of nitrogens with two attached hydrogens (primary N) is 1. The van der Waals surface area contributed by atoms with Gasteiger partial charge in [-0.2, -0.15) is 31.6 Å². The van der Waals surface area contributed by atoms with E-state index in [0.717, 1.165) is 16.9 Å². The van der Waals surface area contributed by atoms with E-state index in [-0.39, 0.29) is 57.9 Å². The van der Waals surface area contributed by atoms with Crippen molar-refractivity contribution in [2.75, 3.05) is 29.5 Å². The van der Waals surface area contributed by atoms with Gasteiger partial charge in [-0.25, -0.2) is 27.7 Å². The molecule has 1 saturated heterocycles. The van der Waals surface area contributed by atoms with E-state index in [4.69, 9.17) is 27.2 Å². The number of carboxylic acids is 1. The van der Waals surface area contributed by atoms with Gasteiger partial charge in [-0.05, 0) is 19.1 Å². The van der Waals surface area contributed by atoms with E-state index in [1.807, 2.05) is 11.4 Å². The van der Waals surface area contributed by atoms with Crippen molar-refractivity contribution in [3.05, 3.63) is 52.7 Å². The summed E-state index contributed by atoms with van der Waals surface area (Å²) in [7, 11) is -3.47. The maximum Gasteiger partial charge on any atom is 0.490 e. The topological polar surface area (TPSA) is 201 Å². The number of aliphatic carboxylic acids is 1. The zero-order chi connectivity index (χ0) is 34.4. The summed E-state index contributed by atoms with van der Waals surface area (Å²) in [5.41, 5.74) is 4.86. The van der Waals surface area contributed by atoms with Crippen molar-refractivity contribution in [1.82, 2.24) is 29.3 Å². The number of hydrogen-bond donors (Lipinski definition) is 3. The number of carbonyl (C=O) groups excluding carboxylic acids is 1. The summed E-state index contributed by atoms with van der Waals surface area (Å²) in [6.45, 7) is 1.17. The number of sulfone groups is 1. The Morgan fingerprint density at radius 3 is 2.46 bits per heavy atom. The van der Waals surface area contributed by atoms with Crippen molar-refractivity contribution < 1.29 is 49.5 Å². The van der Waals surface area contributed by atoms with Crippen LogP contribution >= 0.6 is 11.6 Å². The first kappa shape index (κ1) is 34.0. The molecule has 0 saturated carbocycles. The first-order valence-electron chi connectivity index (χ1n) is 12.6. The molecule has 0 aliphatic carbocycles. The summed E-state index contributed by atoms with van der Waals surface area (Å²) in [5.74, 6) is -4.70. The molecule has 5 rings (SSSR count). The normalized spacial score (nSPS) is 17.2. The minimum absolute atomic E-state index is 0.0438. The first-order valence-corrected chi connectivity index (χ1v) is 14.7. The second-order valence-corrected chi connectivity index (χ2v) is 12.7. The molecule has 2 atom stereocenters. The van der Waals surface area contributed by atoms with Crippen molar-refractivity contribution in [3.8, 4) is 6.07 Å². The summed E-state index contributed by atoms with van der Waals surface area (Å²) in [4.78, 5) is 31.5. The largest absolute Gasteiger partial charge is 0.490 e. The van der Waals surface area contributed by atoms with Crippen LogP contribution in [0.3, 0.4) is 0 Å². The van der Waals surface area contributed by atoms with Gasteiger partial charge in [0.15, 0.2) is 33.0 Å². The van der Waals surface area contributed by atoms with Crippen LogP contribution in [0.1, 0.15) is 34.6 Å². The molecule has 0 aromatic carbocycles. The van der Waals surface area contributed by atoms with E-state index in [0.29, 0.717) is 0 Å². The molecular formula is C24H20ClF6N9O5S. The Morgan fingerprint density at radius 2 is 1.89 bits per heavy atom. The van der Waals surface area contributed by atoms with Crippen molar-refractivity contribution >= 4 is 56.1 Å². The van der Waals surface area contributed by atoms with Gasteiger partial charge in [-0.15, -0.1) is 5.10 Å². The van der Waals surface area contributed by atoms with Gasteiger partial charge in [0.1, 0.15) is 29.3 Å². The first-order chi connectivity index (χ1) is 21.3. The fourth-order valence-corrected chi connectivity index (χ4v) is 6.16. The minimum Gasteiger partial charge on any atom is -0.475 e. The van der Waals surface area contributed by atoms with Crippen LogP contribution in [0.2, 0.25) is 5.02 Å². The molecule has 5 heterocycles. The molecule has 22 heteroatoms. The van der Waals surface area contributed by atoms with E-state index in [1.54, 1.807) is 0 Å². The standard InChI is InChI=1S/C22H19ClF3N9O3S.C2HF3O2/c1-11-9-33(5-6-39(11,37)38)21-12(7-13(23)16-14(8-27)30-10-34(16)21)17(22(24,25)26)31-20(36)15-18(28)32-35-4-2-3-29-19(15)35;3-2(4,5)1(6)7/h2-4,7,10-11,17H,5-6,9H2,1H3,(H2,28,32)(H,31,36);(H,6,7). The number of pyridine rings is 1. The third-order valence-electron chi connectivity index (χ3n) is 6.71. The fourth-order valence-electron chi connectivity index (χ4n) is 4.58. The molecular weight excluding hydrogens is 676 g/mol. The number of imidazole rings is 1. The highest BCUT2D eigenvalue weighted by Crippen LogP contribution is 2.42. The predicted octanol–water partition coefficient (Wildman–Crippen LogP) is 2.77. The maximum absolute atomic E-state index is 14.7. The van der Waals surface area contributed by atoms with Gasteiger partial charge in [-0.3, -0.25) is 9.20 Å². The summed E-state index contributed by atoms with van der Waals surface area (Å²) in [6, 6.07) is 1.72. The van der Waals surface area contributed by atoms with Gasteiger partial charge in [0.25, 0.3) is 5.91 Å². The second kappa shape index (κ2) is 12.2. The van der Waals surface area contributed by atoms with E-state index in [2.05, 4.69) is 15.1 Å². The lowest BCUT2D eigenvalue weighted by Gasteiger charge is -2.36. The molecule has 0 bridgehead atoms. The zero-order valence-corrected chi connectivity index (χ0v) is 24.6. The summed E-state index contributed by atoms with van der Waals surface area (Å²) in [5, 5.41) is 21.4. The van der Waals surface area contributed by atoms with Crippen molar-refractivity contribution in [1.29, 1.82) is 5.26 Å². The lowest BCUT2D eigenvalue weighted by Crippen LogP contribution is -2.47. The number of amides is 1. The molecule has 1 aliphatic heterocycles. The van der Waals surface area contributed by atoms with Gasteiger partial charge >= 0.3 is 18.3 Å². The van der Waals surface area contributed by atoms with Crippen LogP contribution in [-0.2, 0) is 14.6 Å². The number of carboxylic acid groups (broad SMARTS) is 1. The number of hydrogen-bond acceptors (Lipinski definition) is 10. The van der Waals surface area contributed by atoms with Crippen molar-refractivity contribution in [2.45, 2.75) is 30.6 Å².